The molecule has 1 unspecified atom stereocenters. The van der Waals surface area contributed by atoms with Crippen molar-refractivity contribution in [2.75, 3.05) is 6.61 Å². The van der Waals surface area contributed by atoms with Crippen LogP contribution in [0.1, 0.15) is 79.1 Å². The second-order valence-corrected chi connectivity index (χ2v) is 5.82. The summed E-state index contributed by atoms with van der Waals surface area (Å²) in [7, 11) is 0. The minimum atomic E-state index is -0.310. The Morgan fingerprint density at radius 3 is 2.10 bits per heavy atom. The van der Waals surface area contributed by atoms with Crippen LogP contribution in [0.4, 0.5) is 0 Å². The summed E-state index contributed by atoms with van der Waals surface area (Å²) in [5.74, 6) is -0.315. The highest BCUT2D eigenvalue weighted by Gasteiger charge is 2.17. The highest BCUT2D eigenvalue weighted by Crippen LogP contribution is 2.12. The van der Waals surface area contributed by atoms with Crippen LogP contribution in [0.5, 0.6) is 0 Å². The van der Waals surface area contributed by atoms with Crippen molar-refractivity contribution in [2.45, 2.75) is 85.2 Å². The second kappa shape index (κ2) is 12.7. The maximum Gasteiger partial charge on any atom is 0.306 e. The lowest BCUT2D eigenvalue weighted by atomic mass is 10.1. The summed E-state index contributed by atoms with van der Waals surface area (Å²) in [5.41, 5.74) is 0. The van der Waals surface area contributed by atoms with E-state index in [2.05, 4.69) is 6.92 Å². The number of hydrogen-bond donors (Lipinski definition) is 0. The van der Waals surface area contributed by atoms with Crippen molar-refractivity contribution in [3.05, 3.63) is 0 Å². The smallest absolute Gasteiger partial charge is 0.306 e. The summed E-state index contributed by atoms with van der Waals surface area (Å²) >= 11 is 0. The van der Waals surface area contributed by atoms with Gasteiger partial charge < -0.3 is 9.47 Å². The van der Waals surface area contributed by atoms with Crippen molar-refractivity contribution in [3.8, 4) is 0 Å². The Morgan fingerprint density at radius 1 is 0.905 bits per heavy atom. The summed E-state index contributed by atoms with van der Waals surface area (Å²) in [4.78, 5) is 23.1. The van der Waals surface area contributed by atoms with Gasteiger partial charge in [0.2, 0.25) is 0 Å². The topological polar surface area (TPSA) is 52.6 Å². The van der Waals surface area contributed by atoms with Gasteiger partial charge in [0.05, 0.1) is 19.4 Å². The third-order valence-electron chi connectivity index (χ3n) is 3.47. The molecule has 0 fully saturated rings. The highest BCUT2D eigenvalue weighted by molar-refractivity contribution is 5.77. The van der Waals surface area contributed by atoms with Gasteiger partial charge in [-0.2, -0.15) is 0 Å². The zero-order valence-corrected chi connectivity index (χ0v) is 14.2. The molecule has 0 amide bonds. The molecule has 0 bridgehead atoms. The number of ether oxygens (including phenoxy) is 2. The predicted molar refractivity (Wildman–Crippen MR) is 84.0 cm³/mol. The maximum absolute atomic E-state index is 11.6. The van der Waals surface area contributed by atoms with E-state index in [-0.39, 0.29) is 30.9 Å². The molecule has 1 atom stereocenters. The number of unbranched alkanes of at least 4 members (excludes halogenated alkanes) is 4. The molecule has 0 saturated carbocycles. The SMILES string of the molecule is CCCCCCCOC(=O)CCC(=O)OC(CC)C(C)C. The largest absolute Gasteiger partial charge is 0.466 e. The van der Waals surface area contributed by atoms with Crippen LogP contribution in [-0.4, -0.2) is 24.6 Å². The van der Waals surface area contributed by atoms with Crippen molar-refractivity contribution < 1.29 is 19.1 Å². The average Bonchev–Trinajstić information content (AvgIpc) is 2.45. The number of rotatable bonds is 12. The molecule has 124 valence electrons. The molecule has 0 N–H and O–H groups in total. The summed E-state index contributed by atoms with van der Waals surface area (Å²) in [6.45, 7) is 8.66. The molecule has 0 aliphatic rings. The van der Waals surface area contributed by atoms with Crippen molar-refractivity contribution in [1.82, 2.24) is 0 Å². The Labute approximate surface area is 129 Å². The van der Waals surface area contributed by atoms with Gasteiger partial charge in [0, 0.05) is 0 Å². The number of carbonyl (C=O) groups excluding carboxylic acids is 2. The van der Waals surface area contributed by atoms with E-state index in [1.54, 1.807) is 0 Å². The second-order valence-electron chi connectivity index (χ2n) is 5.82. The van der Waals surface area contributed by atoms with Crippen LogP contribution in [0.15, 0.2) is 0 Å². The van der Waals surface area contributed by atoms with E-state index in [4.69, 9.17) is 9.47 Å². The Balaban J connectivity index is 3.66. The fourth-order valence-electron chi connectivity index (χ4n) is 2.09. The van der Waals surface area contributed by atoms with Crippen LogP contribution in [0, 0.1) is 5.92 Å². The van der Waals surface area contributed by atoms with Crippen LogP contribution in [0.3, 0.4) is 0 Å². The molecular formula is C17H32O4. The van der Waals surface area contributed by atoms with E-state index in [1.807, 2.05) is 20.8 Å². The van der Waals surface area contributed by atoms with Gasteiger partial charge in [-0.25, -0.2) is 0 Å². The molecule has 0 aliphatic carbocycles. The van der Waals surface area contributed by atoms with Crippen LogP contribution in [0.25, 0.3) is 0 Å². The molecule has 0 rings (SSSR count). The normalized spacial score (nSPS) is 12.2. The Bertz CT molecular complexity index is 287. The van der Waals surface area contributed by atoms with Crippen LogP contribution < -0.4 is 0 Å². The maximum atomic E-state index is 11.6. The summed E-state index contributed by atoms with van der Waals surface area (Å²) in [6.07, 6.45) is 6.58. The quantitative estimate of drug-likeness (QED) is 0.399. The van der Waals surface area contributed by atoms with E-state index >= 15 is 0 Å². The highest BCUT2D eigenvalue weighted by atomic mass is 16.5. The predicted octanol–water partition coefficient (Wildman–Crippen LogP) is 4.26. The minimum absolute atomic E-state index is 0.0629. The van der Waals surface area contributed by atoms with E-state index < -0.39 is 0 Å². The van der Waals surface area contributed by atoms with Crippen LogP contribution in [0.2, 0.25) is 0 Å². The molecule has 0 aromatic heterocycles. The fourth-order valence-corrected chi connectivity index (χ4v) is 2.09. The van der Waals surface area contributed by atoms with Gasteiger partial charge in [-0.05, 0) is 18.8 Å². The van der Waals surface area contributed by atoms with E-state index in [9.17, 15) is 9.59 Å². The zero-order valence-electron chi connectivity index (χ0n) is 14.2. The first-order valence-corrected chi connectivity index (χ1v) is 8.36. The standard InChI is InChI=1S/C17H32O4/c1-5-7-8-9-10-13-20-16(18)11-12-17(19)21-15(6-2)14(3)4/h14-15H,5-13H2,1-4H3. The number of carbonyl (C=O) groups is 2. The summed E-state index contributed by atoms with van der Waals surface area (Å²) in [5, 5.41) is 0. The lowest BCUT2D eigenvalue weighted by Gasteiger charge is -2.19. The van der Waals surface area contributed by atoms with Gasteiger partial charge in [0.1, 0.15) is 6.10 Å². The Morgan fingerprint density at radius 2 is 1.52 bits per heavy atom. The van der Waals surface area contributed by atoms with E-state index in [0.29, 0.717) is 12.5 Å². The van der Waals surface area contributed by atoms with Crippen molar-refractivity contribution >= 4 is 11.9 Å². The lowest BCUT2D eigenvalue weighted by Crippen LogP contribution is -2.23. The molecule has 4 heteroatoms. The van der Waals surface area contributed by atoms with Crippen molar-refractivity contribution in [3.63, 3.8) is 0 Å². The first-order valence-electron chi connectivity index (χ1n) is 8.36. The third kappa shape index (κ3) is 11.3. The first-order chi connectivity index (χ1) is 10.0. The van der Waals surface area contributed by atoms with E-state index in [1.165, 1.54) is 19.3 Å². The molecule has 0 aliphatic heterocycles. The molecule has 0 saturated heterocycles. The third-order valence-corrected chi connectivity index (χ3v) is 3.47. The van der Waals surface area contributed by atoms with Gasteiger partial charge in [-0.15, -0.1) is 0 Å². The number of esters is 2. The minimum Gasteiger partial charge on any atom is -0.466 e. The molecule has 0 aromatic carbocycles. The lowest BCUT2D eigenvalue weighted by molar-refractivity contribution is -0.155. The fraction of sp³-hybridized carbons (Fsp3) is 0.882. The van der Waals surface area contributed by atoms with Gasteiger partial charge in [0.15, 0.2) is 0 Å². The zero-order chi connectivity index (χ0) is 16.1. The molecule has 0 radical (unpaired) electrons. The monoisotopic (exact) mass is 300 g/mol. The van der Waals surface area contributed by atoms with Gasteiger partial charge in [-0.3, -0.25) is 9.59 Å². The molecule has 21 heavy (non-hydrogen) atoms. The number of hydrogen-bond acceptors (Lipinski definition) is 4. The van der Waals surface area contributed by atoms with Crippen LogP contribution >= 0.6 is 0 Å². The molecule has 0 spiro atoms. The van der Waals surface area contributed by atoms with Crippen molar-refractivity contribution in [2.24, 2.45) is 5.92 Å². The van der Waals surface area contributed by atoms with E-state index in [0.717, 1.165) is 19.3 Å². The molecule has 0 heterocycles. The van der Waals surface area contributed by atoms with Crippen LogP contribution in [-0.2, 0) is 19.1 Å². The first kappa shape index (κ1) is 19.9. The van der Waals surface area contributed by atoms with Gasteiger partial charge in [-0.1, -0.05) is 53.4 Å². The van der Waals surface area contributed by atoms with Crippen molar-refractivity contribution in [1.29, 1.82) is 0 Å². The molecule has 4 nitrogen and oxygen atoms in total. The molecule has 0 aromatic rings. The Hall–Kier alpha value is -1.06. The van der Waals surface area contributed by atoms with Gasteiger partial charge in [0.25, 0.3) is 0 Å². The summed E-state index contributed by atoms with van der Waals surface area (Å²) in [6, 6.07) is 0. The molecular weight excluding hydrogens is 268 g/mol. The van der Waals surface area contributed by atoms with Gasteiger partial charge >= 0.3 is 11.9 Å². The summed E-state index contributed by atoms with van der Waals surface area (Å²) < 4.78 is 10.4. The average molecular weight is 300 g/mol. The Kier molecular flexibility index (Phi) is 12.0.